The highest BCUT2D eigenvalue weighted by molar-refractivity contribution is 5.84. The molecule has 1 heterocycles. The molecule has 146 valence electrons. The highest BCUT2D eigenvalue weighted by atomic mass is 16.5. The van der Waals surface area contributed by atoms with E-state index in [4.69, 9.17) is 9.47 Å². The van der Waals surface area contributed by atoms with Crippen LogP contribution in [0.4, 0.5) is 0 Å². The van der Waals surface area contributed by atoms with Crippen LogP contribution in [-0.2, 0) is 16.2 Å². The number of hydrogen-bond donors (Lipinski definition) is 3. The third-order valence-corrected chi connectivity index (χ3v) is 4.11. The summed E-state index contributed by atoms with van der Waals surface area (Å²) in [5, 5.41) is 3.95. The van der Waals surface area contributed by atoms with Gasteiger partial charge in [-0.25, -0.2) is 10.9 Å². The van der Waals surface area contributed by atoms with Crippen LogP contribution in [0, 0.1) is 0 Å². The van der Waals surface area contributed by atoms with Crippen molar-refractivity contribution in [3.05, 3.63) is 59.7 Å². The first-order valence-corrected chi connectivity index (χ1v) is 8.85. The lowest BCUT2D eigenvalue weighted by Crippen LogP contribution is -2.34. The molecular formula is C20H22N4O4. The lowest BCUT2D eigenvalue weighted by molar-refractivity contribution is -0.121. The quantitative estimate of drug-likeness (QED) is 0.475. The van der Waals surface area contributed by atoms with Gasteiger partial charge in [0.05, 0.1) is 13.3 Å². The number of ether oxygens (including phenoxy) is 2. The Labute approximate surface area is 162 Å². The Morgan fingerprint density at radius 3 is 2.79 bits per heavy atom. The van der Waals surface area contributed by atoms with Gasteiger partial charge in [0.1, 0.15) is 6.61 Å². The molecule has 2 aromatic rings. The fourth-order valence-corrected chi connectivity index (χ4v) is 2.70. The summed E-state index contributed by atoms with van der Waals surface area (Å²) >= 11 is 0. The number of carbonyl (C=O) groups is 2. The van der Waals surface area contributed by atoms with Crippen molar-refractivity contribution in [3.63, 3.8) is 0 Å². The largest absolute Gasteiger partial charge is 0.493 e. The standard InChI is InChI=1S/C20H22N4O4/c1-27-18-9-15(7-8-17(18)28-13-14-5-3-2-4-6-14)12-21-23-19(25)10-16-11-20(26)24-22-16/h2-9,12,16,22H,10-11,13H2,1H3,(H,23,25)(H,24,26)/b21-12+. The Bertz CT molecular complexity index is 855. The maximum atomic E-state index is 11.8. The van der Waals surface area contributed by atoms with Gasteiger partial charge < -0.3 is 9.47 Å². The Kier molecular flexibility index (Phi) is 6.59. The number of nitrogens with zero attached hydrogens (tertiary/aromatic N) is 1. The van der Waals surface area contributed by atoms with E-state index < -0.39 is 0 Å². The van der Waals surface area contributed by atoms with Crippen LogP contribution in [0.2, 0.25) is 0 Å². The van der Waals surface area contributed by atoms with Gasteiger partial charge in [-0.3, -0.25) is 15.0 Å². The Morgan fingerprint density at radius 1 is 1.25 bits per heavy atom. The molecule has 1 aliphatic rings. The van der Waals surface area contributed by atoms with Crippen LogP contribution in [0.3, 0.4) is 0 Å². The van der Waals surface area contributed by atoms with Gasteiger partial charge in [0.25, 0.3) is 0 Å². The van der Waals surface area contributed by atoms with Crippen molar-refractivity contribution < 1.29 is 19.1 Å². The number of amides is 2. The molecule has 0 saturated carbocycles. The predicted molar refractivity (Wildman–Crippen MR) is 104 cm³/mol. The second-order valence-electron chi connectivity index (χ2n) is 6.28. The number of methoxy groups -OCH3 is 1. The van der Waals surface area contributed by atoms with Gasteiger partial charge >= 0.3 is 0 Å². The third-order valence-electron chi connectivity index (χ3n) is 4.11. The van der Waals surface area contributed by atoms with Gasteiger partial charge in [0.2, 0.25) is 11.8 Å². The highest BCUT2D eigenvalue weighted by Crippen LogP contribution is 2.28. The van der Waals surface area contributed by atoms with Gasteiger partial charge in [-0.15, -0.1) is 0 Å². The second kappa shape index (κ2) is 9.52. The summed E-state index contributed by atoms with van der Waals surface area (Å²) in [7, 11) is 1.57. The van der Waals surface area contributed by atoms with E-state index in [1.807, 2.05) is 36.4 Å². The number of hydrogen-bond acceptors (Lipinski definition) is 6. The maximum absolute atomic E-state index is 11.8. The van der Waals surface area contributed by atoms with Gasteiger partial charge in [0, 0.05) is 18.9 Å². The molecule has 1 fully saturated rings. The molecule has 1 unspecified atom stereocenters. The molecular weight excluding hydrogens is 360 g/mol. The number of benzene rings is 2. The summed E-state index contributed by atoms with van der Waals surface area (Å²) in [6.07, 6.45) is 1.96. The molecule has 0 spiro atoms. The van der Waals surface area contributed by atoms with Crippen molar-refractivity contribution in [3.8, 4) is 11.5 Å². The third kappa shape index (κ3) is 5.55. The minimum Gasteiger partial charge on any atom is -0.493 e. The van der Waals surface area contributed by atoms with Crippen molar-refractivity contribution in [1.29, 1.82) is 0 Å². The smallest absolute Gasteiger partial charge is 0.241 e. The molecule has 1 atom stereocenters. The number of rotatable bonds is 8. The van der Waals surface area contributed by atoms with Gasteiger partial charge in [-0.2, -0.15) is 5.10 Å². The SMILES string of the molecule is COc1cc(/C=N/NC(=O)CC2CC(=O)NN2)ccc1OCc1ccccc1. The van der Waals surface area contributed by atoms with E-state index in [0.717, 1.165) is 11.1 Å². The number of hydrazine groups is 1. The first-order valence-electron chi connectivity index (χ1n) is 8.85. The fourth-order valence-electron chi connectivity index (χ4n) is 2.70. The first-order chi connectivity index (χ1) is 13.6. The minimum atomic E-state index is -0.278. The monoisotopic (exact) mass is 382 g/mol. The summed E-state index contributed by atoms with van der Waals surface area (Å²) in [6, 6.07) is 15.0. The topological polar surface area (TPSA) is 101 Å². The Balaban J connectivity index is 1.53. The summed E-state index contributed by atoms with van der Waals surface area (Å²) in [5.41, 5.74) is 9.47. The zero-order valence-corrected chi connectivity index (χ0v) is 15.5. The van der Waals surface area contributed by atoms with Crippen LogP contribution in [0.5, 0.6) is 11.5 Å². The average Bonchev–Trinajstić information content (AvgIpc) is 3.12. The average molecular weight is 382 g/mol. The molecule has 0 aliphatic carbocycles. The van der Waals surface area contributed by atoms with Crippen LogP contribution in [-0.4, -0.2) is 31.2 Å². The zero-order chi connectivity index (χ0) is 19.8. The van der Waals surface area contributed by atoms with E-state index in [9.17, 15) is 9.59 Å². The molecule has 1 saturated heterocycles. The lowest BCUT2D eigenvalue weighted by Gasteiger charge is -2.11. The molecule has 3 rings (SSSR count). The number of nitrogens with one attached hydrogen (secondary N) is 3. The van der Waals surface area contributed by atoms with Crippen LogP contribution < -0.4 is 25.8 Å². The number of hydrazone groups is 1. The van der Waals surface area contributed by atoms with Crippen LogP contribution in [0.25, 0.3) is 0 Å². The van der Waals surface area contributed by atoms with Gasteiger partial charge in [-0.05, 0) is 29.3 Å². The van der Waals surface area contributed by atoms with E-state index in [1.165, 1.54) is 6.21 Å². The van der Waals surface area contributed by atoms with Crippen molar-refractivity contribution in [2.45, 2.75) is 25.5 Å². The molecule has 8 heteroatoms. The zero-order valence-electron chi connectivity index (χ0n) is 15.5. The van der Waals surface area contributed by atoms with E-state index in [0.29, 0.717) is 18.1 Å². The van der Waals surface area contributed by atoms with Crippen molar-refractivity contribution >= 4 is 18.0 Å². The Morgan fingerprint density at radius 2 is 2.07 bits per heavy atom. The molecule has 0 radical (unpaired) electrons. The summed E-state index contributed by atoms with van der Waals surface area (Å²) in [4.78, 5) is 22.9. The molecule has 1 aliphatic heterocycles. The Hall–Kier alpha value is -3.39. The van der Waals surface area contributed by atoms with Gasteiger partial charge in [-0.1, -0.05) is 30.3 Å². The summed E-state index contributed by atoms with van der Waals surface area (Å²) in [6.45, 7) is 0.438. The second-order valence-corrected chi connectivity index (χ2v) is 6.28. The fraction of sp³-hybridized carbons (Fsp3) is 0.250. The van der Waals surface area contributed by atoms with Crippen molar-refractivity contribution in [2.24, 2.45) is 5.10 Å². The van der Waals surface area contributed by atoms with Crippen molar-refractivity contribution in [1.82, 2.24) is 16.3 Å². The molecule has 28 heavy (non-hydrogen) atoms. The van der Waals surface area contributed by atoms with E-state index in [-0.39, 0.29) is 30.7 Å². The van der Waals surface area contributed by atoms with E-state index >= 15 is 0 Å². The molecule has 2 amide bonds. The van der Waals surface area contributed by atoms with Crippen molar-refractivity contribution in [2.75, 3.05) is 7.11 Å². The minimum absolute atomic E-state index is 0.122. The highest BCUT2D eigenvalue weighted by Gasteiger charge is 2.23. The van der Waals surface area contributed by atoms with E-state index in [1.54, 1.807) is 19.2 Å². The van der Waals surface area contributed by atoms with Gasteiger partial charge in [0.15, 0.2) is 11.5 Å². The molecule has 8 nitrogen and oxygen atoms in total. The summed E-state index contributed by atoms with van der Waals surface area (Å²) in [5.74, 6) is 0.797. The van der Waals surface area contributed by atoms with Crippen LogP contribution in [0.15, 0.2) is 53.6 Å². The van der Waals surface area contributed by atoms with Crippen LogP contribution >= 0.6 is 0 Å². The van der Waals surface area contributed by atoms with Crippen LogP contribution in [0.1, 0.15) is 24.0 Å². The molecule has 0 bridgehead atoms. The number of carbonyl (C=O) groups excluding carboxylic acids is 2. The molecule has 2 aromatic carbocycles. The normalized spacial score (nSPS) is 16.0. The lowest BCUT2D eigenvalue weighted by atomic mass is 10.1. The molecule has 3 N–H and O–H groups in total. The first kappa shape index (κ1) is 19.4. The summed E-state index contributed by atoms with van der Waals surface area (Å²) < 4.78 is 11.2. The predicted octanol–water partition coefficient (Wildman–Crippen LogP) is 1.51. The molecule has 0 aromatic heterocycles. The maximum Gasteiger partial charge on any atom is 0.241 e. The van der Waals surface area contributed by atoms with E-state index in [2.05, 4.69) is 21.4 Å².